The Morgan fingerprint density at radius 1 is 1.04 bits per heavy atom. The Labute approximate surface area is 146 Å². The number of aromatic nitrogens is 2. The molecule has 0 unspecified atom stereocenters. The van der Waals surface area contributed by atoms with Crippen LogP contribution in [0, 0.1) is 0 Å². The molecule has 128 valence electrons. The summed E-state index contributed by atoms with van der Waals surface area (Å²) in [5.41, 5.74) is 0.804. The molecule has 0 saturated heterocycles. The predicted molar refractivity (Wildman–Crippen MR) is 94.0 cm³/mol. The fourth-order valence-electron chi connectivity index (χ4n) is 2.31. The smallest absolute Gasteiger partial charge is 0.243 e. The zero-order chi connectivity index (χ0) is 17.7. The molecule has 0 N–H and O–H groups in total. The minimum atomic E-state index is -3.68. The second-order valence-corrected chi connectivity index (χ2v) is 7.21. The zero-order valence-electron chi connectivity index (χ0n) is 13.4. The third-order valence-corrected chi connectivity index (χ3v) is 5.35. The van der Waals surface area contributed by atoms with E-state index in [9.17, 15) is 8.42 Å². The van der Waals surface area contributed by atoms with Crippen LogP contribution in [0.3, 0.4) is 0 Å². The Bertz CT molecular complexity index is 938. The Morgan fingerprint density at radius 2 is 1.68 bits per heavy atom. The number of benzene rings is 2. The number of hydrogen-bond donors (Lipinski definition) is 0. The zero-order valence-corrected chi connectivity index (χ0v) is 14.3. The summed E-state index contributed by atoms with van der Waals surface area (Å²) in [6.07, 6.45) is 1.52. The van der Waals surface area contributed by atoms with Crippen molar-refractivity contribution in [2.75, 3.05) is 6.54 Å². The first kappa shape index (κ1) is 17.1. The summed E-state index contributed by atoms with van der Waals surface area (Å²) >= 11 is 0. The van der Waals surface area contributed by atoms with Crippen LogP contribution in [0.25, 0.3) is 11.4 Å². The van der Waals surface area contributed by atoms with Gasteiger partial charge < -0.3 is 4.52 Å². The normalized spacial score (nSPS) is 11.6. The number of sulfonamides is 1. The first-order valence-electron chi connectivity index (χ1n) is 7.65. The van der Waals surface area contributed by atoms with Gasteiger partial charge in [0.05, 0.1) is 11.4 Å². The van der Waals surface area contributed by atoms with Gasteiger partial charge in [-0.2, -0.15) is 9.29 Å². The van der Waals surface area contributed by atoms with Gasteiger partial charge in [-0.3, -0.25) is 0 Å². The molecule has 0 aliphatic heterocycles. The van der Waals surface area contributed by atoms with Crippen LogP contribution in [-0.2, 0) is 16.6 Å². The second kappa shape index (κ2) is 7.42. The van der Waals surface area contributed by atoms with Crippen LogP contribution in [0.1, 0.15) is 5.89 Å². The number of nitrogens with zero attached hydrogens (tertiary/aromatic N) is 3. The van der Waals surface area contributed by atoms with Crippen molar-refractivity contribution in [3.05, 3.63) is 79.2 Å². The van der Waals surface area contributed by atoms with E-state index >= 15 is 0 Å². The average molecular weight is 355 g/mol. The van der Waals surface area contributed by atoms with E-state index in [4.69, 9.17) is 4.52 Å². The molecule has 0 saturated carbocycles. The minimum Gasteiger partial charge on any atom is -0.338 e. The minimum absolute atomic E-state index is 0.0247. The van der Waals surface area contributed by atoms with Gasteiger partial charge in [0.2, 0.25) is 21.7 Å². The van der Waals surface area contributed by atoms with E-state index in [0.717, 1.165) is 5.56 Å². The number of rotatable bonds is 7. The predicted octanol–water partition coefficient (Wildman–Crippen LogP) is 3.11. The largest absolute Gasteiger partial charge is 0.338 e. The second-order valence-electron chi connectivity index (χ2n) is 5.28. The molecular formula is C18H17N3O3S. The average Bonchev–Trinajstić information content (AvgIpc) is 3.11. The van der Waals surface area contributed by atoms with Crippen molar-refractivity contribution in [3.63, 3.8) is 0 Å². The van der Waals surface area contributed by atoms with Gasteiger partial charge in [0, 0.05) is 12.1 Å². The lowest BCUT2D eigenvalue weighted by molar-refractivity contribution is 0.327. The highest BCUT2D eigenvalue weighted by atomic mass is 32.2. The third kappa shape index (κ3) is 3.84. The first-order valence-corrected chi connectivity index (χ1v) is 9.09. The van der Waals surface area contributed by atoms with Crippen molar-refractivity contribution in [2.45, 2.75) is 11.4 Å². The number of hydrogen-bond acceptors (Lipinski definition) is 5. The summed E-state index contributed by atoms with van der Waals surface area (Å²) in [7, 11) is -3.68. The van der Waals surface area contributed by atoms with Crippen molar-refractivity contribution in [2.24, 2.45) is 0 Å². The van der Waals surface area contributed by atoms with Gasteiger partial charge in [-0.1, -0.05) is 59.8 Å². The highest BCUT2D eigenvalue weighted by Crippen LogP contribution is 2.20. The maximum atomic E-state index is 12.8. The molecule has 0 bridgehead atoms. The molecular weight excluding hydrogens is 338 g/mol. The van der Waals surface area contributed by atoms with Gasteiger partial charge in [0.15, 0.2) is 0 Å². The van der Waals surface area contributed by atoms with E-state index in [0.29, 0.717) is 5.82 Å². The van der Waals surface area contributed by atoms with Crippen LogP contribution in [0.15, 0.2) is 82.7 Å². The van der Waals surface area contributed by atoms with Crippen LogP contribution in [0.4, 0.5) is 0 Å². The summed E-state index contributed by atoms with van der Waals surface area (Å²) < 4.78 is 32.1. The summed E-state index contributed by atoms with van der Waals surface area (Å²) in [5.74, 6) is 0.645. The van der Waals surface area contributed by atoms with Gasteiger partial charge >= 0.3 is 0 Å². The Kier molecular flexibility index (Phi) is 5.06. The molecule has 7 heteroatoms. The molecule has 3 rings (SSSR count). The van der Waals surface area contributed by atoms with E-state index < -0.39 is 10.0 Å². The third-order valence-electron chi connectivity index (χ3n) is 3.53. The molecule has 0 aliphatic rings. The Morgan fingerprint density at radius 3 is 2.32 bits per heavy atom. The maximum absolute atomic E-state index is 12.8. The summed E-state index contributed by atoms with van der Waals surface area (Å²) in [6, 6.07) is 17.6. The van der Waals surface area contributed by atoms with Crippen LogP contribution < -0.4 is 0 Å². The van der Waals surface area contributed by atoms with E-state index in [1.807, 2.05) is 30.3 Å². The molecule has 0 fully saturated rings. The molecule has 1 heterocycles. The first-order chi connectivity index (χ1) is 12.1. The Balaban J connectivity index is 1.86. The molecule has 6 nitrogen and oxygen atoms in total. The quantitative estimate of drug-likeness (QED) is 0.609. The molecule has 0 radical (unpaired) electrons. The molecule has 1 aromatic heterocycles. The van der Waals surface area contributed by atoms with Gasteiger partial charge in [-0.05, 0) is 12.1 Å². The Hall–Kier alpha value is -2.77. The molecule has 0 atom stereocenters. The lowest BCUT2D eigenvalue weighted by atomic mass is 10.2. The standard InChI is InChI=1S/C18H17N3O3S/c1-2-13-21(25(22,23)16-11-7-4-8-12-16)14-17-19-18(20-24-17)15-9-5-3-6-10-15/h2-12H,1,13-14H2. The van der Waals surface area contributed by atoms with Crippen molar-refractivity contribution >= 4 is 10.0 Å². The van der Waals surface area contributed by atoms with Crippen LogP contribution in [0.2, 0.25) is 0 Å². The SMILES string of the molecule is C=CCN(Cc1nc(-c2ccccc2)no1)S(=O)(=O)c1ccccc1. The van der Waals surface area contributed by atoms with E-state index in [-0.39, 0.29) is 23.9 Å². The van der Waals surface area contributed by atoms with Gasteiger partial charge in [0.1, 0.15) is 0 Å². The van der Waals surface area contributed by atoms with Crippen LogP contribution >= 0.6 is 0 Å². The van der Waals surface area contributed by atoms with Gasteiger partial charge in [0.25, 0.3) is 0 Å². The van der Waals surface area contributed by atoms with E-state index in [1.165, 1.54) is 10.4 Å². The van der Waals surface area contributed by atoms with E-state index in [1.54, 1.807) is 30.3 Å². The van der Waals surface area contributed by atoms with Crippen LogP contribution in [0.5, 0.6) is 0 Å². The van der Waals surface area contributed by atoms with Crippen molar-refractivity contribution in [3.8, 4) is 11.4 Å². The molecule has 0 amide bonds. The molecule has 25 heavy (non-hydrogen) atoms. The van der Waals surface area contributed by atoms with Crippen LogP contribution in [-0.4, -0.2) is 29.4 Å². The molecule has 3 aromatic rings. The van der Waals surface area contributed by atoms with Crippen molar-refractivity contribution < 1.29 is 12.9 Å². The molecule has 2 aromatic carbocycles. The fourth-order valence-corrected chi connectivity index (χ4v) is 3.69. The monoisotopic (exact) mass is 355 g/mol. The highest BCUT2D eigenvalue weighted by Gasteiger charge is 2.25. The lowest BCUT2D eigenvalue weighted by Crippen LogP contribution is -2.31. The molecule has 0 aliphatic carbocycles. The lowest BCUT2D eigenvalue weighted by Gasteiger charge is -2.18. The van der Waals surface area contributed by atoms with Gasteiger partial charge in [-0.25, -0.2) is 8.42 Å². The van der Waals surface area contributed by atoms with E-state index in [2.05, 4.69) is 16.7 Å². The van der Waals surface area contributed by atoms with Crippen molar-refractivity contribution in [1.82, 2.24) is 14.4 Å². The topological polar surface area (TPSA) is 76.3 Å². The summed E-state index contributed by atoms with van der Waals surface area (Å²) in [6.45, 7) is 3.74. The van der Waals surface area contributed by atoms with Crippen molar-refractivity contribution in [1.29, 1.82) is 0 Å². The summed E-state index contributed by atoms with van der Waals surface area (Å²) in [5, 5.41) is 3.92. The van der Waals surface area contributed by atoms with Gasteiger partial charge in [-0.15, -0.1) is 6.58 Å². The summed E-state index contributed by atoms with van der Waals surface area (Å²) in [4.78, 5) is 4.50. The maximum Gasteiger partial charge on any atom is 0.243 e. The molecule has 0 spiro atoms. The fraction of sp³-hybridized carbons (Fsp3) is 0.111. The highest BCUT2D eigenvalue weighted by molar-refractivity contribution is 7.89.